The molecule has 0 bridgehead atoms. The lowest BCUT2D eigenvalue weighted by Crippen LogP contribution is -2.30. The van der Waals surface area contributed by atoms with Gasteiger partial charge in [-0.1, -0.05) is 12.1 Å². The van der Waals surface area contributed by atoms with Crippen molar-refractivity contribution in [2.75, 3.05) is 12.4 Å². The number of thiocarbonyl (C=S) groups is 1. The summed E-state index contributed by atoms with van der Waals surface area (Å²) in [4.78, 5) is 0. The van der Waals surface area contributed by atoms with Crippen LogP contribution in [0.5, 0.6) is 5.75 Å². The molecular weight excluding hydrogens is 379 g/mol. The molecular formula is C17H18BrFN2OS. The van der Waals surface area contributed by atoms with Crippen LogP contribution < -0.4 is 15.4 Å². The fourth-order valence-corrected chi connectivity index (χ4v) is 2.92. The normalized spacial score (nSPS) is 11.7. The van der Waals surface area contributed by atoms with Crippen molar-refractivity contribution in [3.05, 3.63) is 57.8 Å². The van der Waals surface area contributed by atoms with Gasteiger partial charge in [-0.2, -0.15) is 0 Å². The standard InChI is InChI=1S/C17H18BrFN2OS/c1-10-4-6-13(9-15(10)19)21-17(23)20-11(2)12-5-7-16(22-3)14(18)8-12/h4-9,11H,1-3H3,(H2,20,21,23)/t11-/m1/s1. The van der Waals surface area contributed by atoms with Gasteiger partial charge in [-0.25, -0.2) is 4.39 Å². The van der Waals surface area contributed by atoms with Crippen LogP contribution in [0, 0.1) is 12.7 Å². The van der Waals surface area contributed by atoms with E-state index in [4.69, 9.17) is 17.0 Å². The van der Waals surface area contributed by atoms with E-state index < -0.39 is 0 Å². The minimum atomic E-state index is -0.259. The van der Waals surface area contributed by atoms with E-state index in [1.807, 2.05) is 25.1 Å². The van der Waals surface area contributed by atoms with Crippen molar-refractivity contribution in [2.24, 2.45) is 0 Å². The van der Waals surface area contributed by atoms with Crippen LogP contribution in [0.3, 0.4) is 0 Å². The summed E-state index contributed by atoms with van der Waals surface area (Å²) in [6, 6.07) is 10.8. The van der Waals surface area contributed by atoms with Gasteiger partial charge in [-0.3, -0.25) is 0 Å². The number of ether oxygens (including phenoxy) is 1. The predicted octanol–water partition coefficient (Wildman–Crippen LogP) is 4.95. The molecule has 0 radical (unpaired) electrons. The first kappa shape index (κ1) is 17.7. The first-order valence-electron chi connectivity index (χ1n) is 7.08. The molecule has 2 aromatic rings. The Bertz CT molecular complexity index is 724. The van der Waals surface area contributed by atoms with Crippen LogP contribution in [-0.4, -0.2) is 12.2 Å². The highest BCUT2D eigenvalue weighted by Crippen LogP contribution is 2.28. The van der Waals surface area contributed by atoms with Gasteiger partial charge in [0.2, 0.25) is 0 Å². The van der Waals surface area contributed by atoms with Gasteiger partial charge in [0.25, 0.3) is 0 Å². The van der Waals surface area contributed by atoms with Crippen molar-refractivity contribution in [3.8, 4) is 5.75 Å². The third kappa shape index (κ3) is 4.65. The number of rotatable bonds is 4. The zero-order chi connectivity index (χ0) is 17.0. The summed E-state index contributed by atoms with van der Waals surface area (Å²) in [6.07, 6.45) is 0. The molecule has 0 fully saturated rings. The Morgan fingerprint density at radius 3 is 2.61 bits per heavy atom. The first-order chi connectivity index (χ1) is 10.9. The fraction of sp³-hybridized carbons (Fsp3) is 0.235. The van der Waals surface area contributed by atoms with Crippen molar-refractivity contribution in [3.63, 3.8) is 0 Å². The molecule has 6 heteroatoms. The molecule has 0 heterocycles. The molecule has 0 amide bonds. The summed E-state index contributed by atoms with van der Waals surface area (Å²) >= 11 is 8.76. The van der Waals surface area contributed by atoms with Crippen molar-refractivity contribution in [1.29, 1.82) is 0 Å². The number of nitrogens with one attached hydrogen (secondary N) is 2. The van der Waals surface area contributed by atoms with Gasteiger partial charge in [-0.05, 0) is 77.4 Å². The fourth-order valence-electron chi connectivity index (χ4n) is 2.07. The summed E-state index contributed by atoms with van der Waals surface area (Å²) in [5.74, 6) is 0.515. The minimum absolute atomic E-state index is 0.00694. The van der Waals surface area contributed by atoms with Crippen LogP contribution in [0.25, 0.3) is 0 Å². The molecule has 0 spiro atoms. The SMILES string of the molecule is COc1ccc([C@@H](C)NC(=S)Nc2ccc(C)c(F)c2)cc1Br. The number of anilines is 1. The van der Waals surface area contributed by atoms with E-state index in [1.54, 1.807) is 26.2 Å². The molecule has 23 heavy (non-hydrogen) atoms. The molecule has 0 saturated heterocycles. The van der Waals surface area contributed by atoms with E-state index in [2.05, 4.69) is 26.6 Å². The molecule has 2 rings (SSSR count). The van der Waals surface area contributed by atoms with Gasteiger partial charge < -0.3 is 15.4 Å². The summed E-state index contributed by atoms with van der Waals surface area (Å²) in [7, 11) is 1.63. The predicted molar refractivity (Wildman–Crippen MR) is 99.6 cm³/mol. The highest BCUT2D eigenvalue weighted by molar-refractivity contribution is 9.10. The van der Waals surface area contributed by atoms with E-state index in [9.17, 15) is 4.39 Å². The molecule has 1 atom stereocenters. The Morgan fingerprint density at radius 1 is 1.26 bits per heavy atom. The highest BCUT2D eigenvalue weighted by Gasteiger charge is 2.10. The molecule has 0 saturated carbocycles. The van der Waals surface area contributed by atoms with Crippen LogP contribution in [0.15, 0.2) is 40.9 Å². The Hall–Kier alpha value is -1.66. The molecule has 0 unspecified atom stereocenters. The number of halogens is 2. The number of hydrogen-bond donors (Lipinski definition) is 2. The van der Waals surface area contributed by atoms with E-state index >= 15 is 0 Å². The molecule has 3 nitrogen and oxygen atoms in total. The van der Waals surface area contributed by atoms with E-state index in [0.717, 1.165) is 15.8 Å². The molecule has 122 valence electrons. The van der Waals surface area contributed by atoms with Crippen LogP contribution in [-0.2, 0) is 0 Å². The van der Waals surface area contributed by atoms with Gasteiger partial charge in [0.1, 0.15) is 11.6 Å². The molecule has 2 aromatic carbocycles. The van der Waals surface area contributed by atoms with Crippen LogP contribution in [0.4, 0.5) is 10.1 Å². The zero-order valence-corrected chi connectivity index (χ0v) is 15.5. The van der Waals surface area contributed by atoms with E-state index in [1.165, 1.54) is 6.07 Å². The maximum absolute atomic E-state index is 13.6. The highest BCUT2D eigenvalue weighted by atomic mass is 79.9. The number of aryl methyl sites for hydroxylation is 1. The maximum Gasteiger partial charge on any atom is 0.171 e. The van der Waals surface area contributed by atoms with Gasteiger partial charge in [-0.15, -0.1) is 0 Å². The number of benzene rings is 2. The molecule has 2 N–H and O–H groups in total. The summed E-state index contributed by atoms with van der Waals surface area (Å²) in [5, 5.41) is 6.61. The lowest BCUT2D eigenvalue weighted by molar-refractivity contribution is 0.412. The third-order valence-corrected chi connectivity index (χ3v) is 4.29. The van der Waals surface area contributed by atoms with Crippen molar-refractivity contribution >= 4 is 38.9 Å². The van der Waals surface area contributed by atoms with Gasteiger partial charge in [0, 0.05) is 5.69 Å². The van der Waals surface area contributed by atoms with Crippen LogP contribution in [0.2, 0.25) is 0 Å². The Labute approximate surface area is 149 Å². The second-order valence-corrected chi connectivity index (χ2v) is 6.44. The second kappa shape index (κ2) is 7.75. The van der Waals surface area contributed by atoms with Crippen molar-refractivity contribution < 1.29 is 9.13 Å². The quantitative estimate of drug-likeness (QED) is 0.716. The average molecular weight is 397 g/mol. The topological polar surface area (TPSA) is 33.3 Å². The number of methoxy groups -OCH3 is 1. The smallest absolute Gasteiger partial charge is 0.171 e. The van der Waals surface area contributed by atoms with Gasteiger partial charge in [0.05, 0.1) is 17.6 Å². The molecule has 0 aromatic heterocycles. The first-order valence-corrected chi connectivity index (χ1v) is 8.28. The second-order valence-electron chi connectivity index (χ2n) is 5.18. The maximum atomic E-state index is 13.6. The van der Waals surface area contributed by atoms with Gasteiger partial charge in [0.15, 0.2) is 5.11 Å². The molecule has 0 aliphatic rings. The summed E-state index contributed by atoms with van der Waals surface area (Å²) in [5.41, 5.74) is 2.27. The van der Waals surface area contributed by atoms with Crippen LogP contribution >= 0.6 is 28.1 Å². The lowest BCUT2D eigenvalue weighted by Gasteiger charge is -2.18. The van der Waals surface area contributed by atoms with Crippen molar-refractivity contribution in [2.45, 2.75) is 19.9 Å². The lowest BCUT2D eigenvalue weighted by atomic mass is 10.1. The van der Waals surface area contributed by atoms with E-state index in [0.29, 0.717) is 16.4 Å². The Morgan fingerprint density at radius 2 is 2.00 bits per heavy atom. The zero-order valence-electron chi connectivity index (χ0n) is 13.1. The van der Waals surface area contributed by atoms with Gasteiger partial charge >= 0.3 is 0 Å². The largest absolute Gasteiger partial charge is 0.496 e. The van der Waals surface area contributed by atoms with Crippen LogP contribution in [0.1, 0.15) is 24.1 Å². The summed E-state index contributed by atoms with van der Waals surface area (Å²) in [6.45, 7) is 3.72. The van der Waals surface area contributed by atoms with Crippen molar-refractivity contribution in [1.82, 2.24) is 5.32 Å². The summed E-state index contributed by atoms with van der Waals surface area (Å²) < 4.78 is 19.7. The molecule has 0 aliphatic heterocycles. The minimum Gasteiger partial charge on any atom is -0.496 e. The average Bonchev–Trinajstić information content (AvgIpc) is 2.50. The third-order valence-electron chi connectivity index (χ3n) is 3.45. The Kier molecular flexibility index (Phi) is 5.96. The van der Waals surface area contributed by atoms with E-state index in [-0.39, 0.29) is 11.9 Å². The number of hydrogen-bond acceptors (Lipinski definition) is 2. The monoisotopic (exact) mass is 396 g/mol. The molecule has 0 aliphatic carbocycles. The Balaban J connectivity index is 2.01.